The fourth-order valence-corrected chi connectivity index (χ4v) is 1.91. The lowest BCUT2D eigenvalue weighted by atomic mass is 10.1. The number of H-pyrrole nitrogens is 1. The van der Waals surface area contributed by atoms with Crippen LogP contribution in [-0.2, 0) is 11.2 Å². The first-order valence-corrected chi connectivity index (χ1v) is 6.50. The number of nitrogens with one attached hydrogen (secondary N) is 2. The molecule has 0 aliphatic carbocycles. The molecule has 19 heavy (non-hydrogen) atoms. The second kappa shape index (κ2) is 5.84. The van der Waals surface area contributed by atoms with Crippen molar-refractivity contribution < 1.29 is 4.79 Å². The Morgan fingerprint density at radius 3 is 3.05 bits per heavy atom. The van der Waals surface area contributed by atoms with Crippen LogP contribution in [0.25, 0.3) is 11.0 Å². The molecule has 0 saturated carbocycles. The number of amides is 1. The fraction of sp³-hybridized carbons (Fsp3) is 0.429. The van der Waals surface area contributed by atoms with Gasteiger partial charge in [-0.3, -0.25) is 4.79 Å². The number of hydrogen-bond donors (Lipinski definition) is 3. The number of carbonyl (C=O) groups is 1. The van der Waals surface area contributed by atoms with Gasteiger partial charge in [-0.25, -0.2) is 4.98 Å². The largest absolute Gasteiger partial charge is 0.356 e. The highest BCUT2D eigenvalue weighted by molar-refractivity contribution is 5.81. The molecule has 0 fully saturated rings. The molecule has 1 atom stereocenters. The first-order chi connectivity index (χ1) is 9.08. The predicted octanol–water partition coefficient (Wildman–Crippen LogP) is 1.12. The third-order valence-electron chi connectivity index (χ3n) is 3.08. The van der Waals surface area contributed by atoms with Crippen molar-refractivity contribution in [3.63, 3.8) is 0 Å². The number of aryl methyl sites for hydroxylation is 1. The predicted molar refractivity (Wildman–Crippen MR) is 75.8 cm³/mol. The monoisotopic (exact) mass is 260 g/mol. The maximum atomic E-state index is 11.8. The summed E-state index contributed by atoms with van der Waals surface area (Å²) in [5.41, 5.74) is 8.39. The van der Waals surface area contributed by atoms with Crippen molar-refractivity contribution >= 4 is 16.9 Å². The van der Waals surface area contributed by atoms with E-state index in [1.165, 1.54) is 0 Å². The van der Waals surface area contributed by atoms with Crippen LogP contribution in [0.15, 0.2) is 18.2 Å². The van der Waals surface area contributed by atoms with Crippen molar-refractivity contribution in [2.45, 2.75) is 20.3 Å². The summed E-state index contributed by atoms with van der Waals surface area (Å²) in [5, 5.41) is 2.89. The molecular weight excluding hydrogens is 240 g/mol. The SMILES string of the molecule is Cc1nc2ccc(CC(=O)NCC(C)CN)cc2[nH]1. The Labute approximate surface area is 112 Å². The molecule has 5 heteroatoms. The van der Waals surface area contributed by atoms with Crippen LogP contribution in [0.2, 0.25) is 0 Å². The minimum Gasteiger partial charge on any atom is -0.356 e. The third kappa shape index (κ3) is 3.54. The highest BCUT2D eigenvalue weighted by atomic mass is 16.1. The van der Waals surface area contributed by atoms with Gasteiger partial charge in [0.1, 0.15) is 5.82 Å². The summed E-state index contributed by atoms with van der Waals surface area (Å²) in [4.78, 5) is 19.3. The summed E-state index contributed by atoms with van der Waals surface area (Å²) in [7, 11) is 0. The van der Waals surface area contributed by atoms with Gasteiger partial charge < -0.3 is 16.0 Å². The molecule has 102 valence electrons. The van der Waals surface area contributed by atoms with E-state index >= 15 is 0 Å². The zero-order valence-corrected chi connectivity index (χ0v) is 11.4. The Morgan fingerprint density at radius 1 is 1.53 bits per heavy atom. The van der Waals surface area contributed by atoms with Crippen LogP contribution in [0.3, 0.4) is 0 Å². The molecule has 1 aromatic heterocycles. The summed E-state index contributed by atoms with van der Waals surface area (Å²) in [5.74, 6) is 1.21. The molecule has 2 rings (SSSR count). The third-order valence-corrected chi connectivity index (χ3v) is 3.08. The van der Waals surface area contributed by atoms with Gasteiger partial charge in [-0.2, -0.15) is 0 Å². The number of imidazole rings is 1. The van der Waals surface area contributed by atoms with Gasteiger partial charge in [0.05, 0.1) is 17.5 Å². The van der Waals surface area contributed by atoms with Crippen molar-refractivity contribution in [2.75, 3.05) is 13.1 Å². The lowest BCUT2D eigenvalue weighted by molar-refractivity contribution is -0.120. The van der Waals surface area contributed by atoms with E-state index in [9.17, 15) is 4.79 Å². The normalized spacial score (nSPS) is 12.6. The lowest BCUT2D eigenvalue weighted by Crippen LogP contribution is -2.32. The number of aromatic nitrogens is 2. The number of aromatic amines is 1. The van der Waals surface area contributed by atoms with Crippen molar-refractivity contribution in [1.29, 1.82) is 0 Å². The van der Waals surface area contributed by atoms with E-state index in [4.69, 9.17) is 5.73 Å². The summed E-state index contributed by atoms with van der Waals surface area (Å²) in [6, 6.07) is 5.85. The van der Waals surface area contributed by atoms with Crippen molar-refractivity contribution in [3.8, 4) is 0 Å². The number of nitrogens with two attached hydrogens (primary N) is 1. The van der Waals surface area contributed by atoms with E-state index in [0.717, 1.165) is 22.4 Å². The van der Waals surface area contributed by atoms with Crippen LogP contribution in [0.4, 0.5) is 0 Å². The zero-order chi connectivity index (χ0) is 13.8. The standard InChI is InChI=1S/C14H20N4O/c1-9(7-15)8-16-14(19)6-11-3-4-12-13(5-11)18-10(2)17-12/h3-5,9H,6-8,15H2,1-2H3,(H,16,19)(H,17,18). The van der Waals surface area contributed by atoms with Crippen LogP contribution in [0.5, 0.6) is 0 Å². The van der Waals surface area contributed by atoms with Gasteiger partial charge in [0.25, 0.3) is 0 Å². The topological polar surface area (TPSA) is 83.8 Å². The Bertz CT molecular complexity index is 576. The van der Waals surface area contributed by atoms with E-state index in [-0.39, 0.29) is 5.91 Å². The molecule has 0 aliphatic heterocycles. The molecule has 0 aliphatic rings. The molecule has 0 bridgehead atoms. The van der Waals surface area contributed by atoms with Crippen LogP contribution in [-0.4, -0.2) is 29.0 Å². The summed E-state index contributed by atoms with van der Waals surface area (Å²) >= 11 is 0. The molecule has 1 unspecified atom stereocenters. The number of fused-ring (bicyclic) bond motifs is 1. The molecule has 0 spiro atoms. The highest BCUT2D eigenvalue weighted by Crippen LogP contribution is 2.13. The first kappa shape index (κ1) is 13.5. The van der Waals surface area contributed by atoms with Crippen LogP contribution < -0.4 is 11.1 Å². The second-order valence-electron chi connectivity index (χ2n) is 5.00. The maximum absolute atomic E-state index is 11.8. The van der Waals surface area contributed by atoms with E-state index < -0.39 is 0 Å². The Kier molecular flexibility index (Phi) is 4.16. The Hall–Kier alpha value is -1.88. The van der Waals surface area contributed by atoms with Crippen LogP contribution in [0.1, 0.15) is 18.3 Å². The summed E-state index contributed by atoms with van der Waals surface area (Å²) < 4.78 is 0. The molecule has 2 aromatic rings. The van der Waals surface area contributed by atoms with E-state index in [2.05, 4.69) is 15.3 Å². The maximum Gasteiger partial charge on any atom is 0.224 e. The molecule has 4 N–H and O–H groups in total. The average molecular weight is 260 g/mol. The van der Waals surface area contributed by atoms with Gasteiger partial charge in [-0.1, -0.05) is 13.0 Å². The van der Waals surface area contributed by atoms with Crippen LogP contribution in [0, 0.1) is 12.8 Å². The Morgan fingerprint density at radius 2 is 2.32 bits per heavy atom. The molecular formula is C14H20N4O. The van der Waals surface area contributed by atoms with Gasteiger partial charge in [-0.15, -0.1) is 0 Å². The molecule has 1 amide bonds. The molecule has 0 saturated heterocycles. The summed E-state index contributed by atoms with van der Waals surface area (Å²) in [6.45, 7) is 5.14. The second-order valence-corrected chi connectivity index (χ2v) is 5.00. The molecule has 0 radical (unpaired) electrons. The summed E-state index contributed by atoms with van der Waals surface area (Å²) in [6.07, 6.45) is 0.380. The van der Waals surface area contributed by atoms with Crippen molar-refractivity contribution in [1.82, 2.24) is 15.3 Å². The number of hydrogen-bond acceptors (Lipinski definition) is 3. The van der Waals surface area contributed by atoms with Gasteiger partial charge in [-0.05, 0) is 37.1 Å². The number of rotatable bonds is 5. The van der Waals surface area contributed by atoms with Crippen molar-refractivity contribution in [2.24, 2.45) is 11.7 Å². The number of nitrogens with zero attached hydrogens (tertiary/aromatic N) is 1. The van der Waals surface area contributed by atoms with Gasteiger partial charge in [0.2, 0.25) is 5.91 Å². The van der Waals surface area contributed by atoms with E-state index in [0.29, 0.717) is 25.4 Å². The minimum absolute atomic E-state index is 0.0240. The molecule has 1 aromatic carbocycles. The van der Waals surface area contributed by atoms with Crippen molar-refractivity contribution in [3.05, 3.63) is 29.6 Å². The van der Waals surface area contributed by atoms with Gasteiger partial charge in [0, 0.05) is 6.54 Å². The minimum atomic E-state index is 0.0240. The Balaban J connectivity index is 1.98. The van der Waals surface area contributed by atoms with Crippen LogP contribution >= 0.6 is 0 Å². The highest BCUT2D eigenvalue weighted by Gasteiger charge is 2.07. The number of carbonyl (C=O) groups excluding carboxylic acids is 1. The fourth-order valence-electron chi connectivity index (χ4n) is 1.91. The van der Waals surface area contributed by atoms with E-state index in [1.807, 2.05) is 32.0 Å². The smallest absolute Gasteiger partial charge is 0.224 e. The average Bonchev–Trinajstić information content (AvgIpc) is 2.75. The molecule has 5 nitrogen and oxygen atoms in total. The van der Waals surface area contributed by atoms with Gasteiger partial charge in [0.15, 0.2) is 0 Å². The molecule has 1 heterocycles. The lowest BCUT2D eigenvalue weighted by Gasteiger charge is -2.10. The van der Waals surface area contributed by atoms with Gasteiger partial charge >= 0.3 is 0 Å². The zero-order valence-electron chi connectivity index (χ0n) is 11.4. The van der Waals surface area contributed by atoms with E-state index in [1.54, 1.807) is 0 Å². The quantitative estimate of drug-likeness (QED) is 0.753. The number of benzene rings is 1. The first-order valence-electron chi connectivity index (χ1n) is 6.50.